The van der Waals surface area contributed by atoms with Crippen molar-refractivity contribution in [3.63, 3.8) is 0 Å². The summed E-state index contributed by atoms with van der Waals surface area (Å²) in [5, 5.41) is 2.67. The van der Waals surface area contributed by atoms with Gasteiger partial charge in [0.2, 0.25) is 10.0 Å². The fourth-order valence-electron chi connectivity index (χ4n) is 2.97. The maximum absolute atomic E-state index is 12.8. The Hall–Kier alpha value is -2.78. The number of ether oxygens (including phenoxy) is 3. The van der Waals surface area contributed by atoms with Crippen molar-refractivity contribution in [1.29, 1.82) is 0 Å². The Balaban J connectivity index is 1.80. The van der Waals surface area contributed by atoms with Gasteiger partial charge in [0.25, 0.3) is 5.91 Å². The second-order valence-electron chi connectivity index (χ2n) is 6.42. The predicted molar refractivity (Wildman–Crippen MR) is 108 cm³/mol. The van der Waals surface area contributed by atoms with Crippen molar-refractivity contribution in [2.75, 3.05) is 25.1 Å². The predicted octanol–water partition coefficient (Wildman–Crippen LogP) is 2.60. The minimum absolute atomic E-state index is 0.0862. The zero-order valence-electron chi connectivity index (χ0n) is 16.6. The molecule has 2 aromatic carbocycles. The number of aryl methyl sites for hydroxylation is 1. The van der Waals surface area contributed by atoms with E-state index in [1.807, 2.05) is 13.8 Å². The highest BCUT2D eigenvalue weighted by Crippen LogP contribution is 2.33. The molecule has 0 spiro atoms. The maximum atomic E-state index is 12.8. The van der Waals surface area contributed by atoms with Gasteiger partial charge in [0.15, 0.2) is 18.1 Å². The van der Waals surface area contributed by atoms with Gasteiger partial charge in [0, 0.05) is 12.6 Å². The molecule has 8 nitrogen and oxygen atoms in total. The van der Waals surface area contributed by atoms with E-state index >= 15 is 0 Å². The van der Waals surface area contributed by atoms with Crippen molar-refractivity contribution in [3.8, 4) is 17.2 Å². The number of fused-ring (bicyclic) bond motifs is 1. The van der Waals surface area contributed by atoms with Gasteiger partial charge in [-0.3, -0.25) is 4.79 Å². The molecule has 156 valence electrons. The van der Waals surface area contributed by atoms with E-state index in [0.29, 0.717) is 41.7 Å². The molecule has 1 heterocycles. The summed E-state index contributed by atoms with van der Waals surface area (Å²) in [6, 6.07) is 8.32. The van der Waals surface area contributed by atoms with Crippen LogP contribution in [0, 0.1) is 6.92 Å². The monoisotopic (exact) mass is 420 g/mol. The highest BCUT2D eigenvalue weighted by molar-refractivity contribution is 7.89. The van der Waals surface area contributed by atoms with Crippen LogP contribution in [-0.4, -0.2) is 34.1 Å². The normalized spacial score (nSPS) is 13.3. The third-order valence-corrected chi connectivity index (χ3v) is 5.82. The molecule has 0 atom stereocenters. The second-order valence-corrected chi connectivity index (χ2v) is 8.16. The number of nitrogens with one attached hydrogen (secondary N) is 2. The fraction of sp³-hybridized carbons (Fsp3) is 0.350. The summed E-state index contributed by atoms with van der Waals surface area (Å²) in [7, 11) is -3.80. The zero-order valence-corrected chi connectivity index (χ0v) is 17.4. The lowest BCUT2D eigenvalue weighted by atomic mass is 10.2. The summed E-state index contributed by atoms with van der Waals surface area (Å²) in [6.45, 7) is 6.34. The van der Waals surface area contributed by atoms with Crippen LogP contribution in [0.15, 0.2) is 35.2 Å². The minimum Gasteiger partial charge on any atom is -0.490 e. The van der Waals surface area contributed by atoms with Crippen molar-refractivity contribution in [2.24, 2.45) is 0 Å². The van der Waals surface area contributed by atoms with E-state index in [2.05, 4.69) is 10.0 Å². The molecule has 0 saturated heterocycles. The van der Waals surface area contributed by atoms with Gasteiger partial charge >= 0.3 is 0 Å². The van der Waals surface area contributed by atoms with E-state index < -0.39 is 10.0 Å². The fourth-order valence-corrected chi connectivity index (χ4v) is 4.22. The number of carbonyl (C=O) groups is 1. The van der Waals surface area contributed by atoms with Gasteiger partial charge in [-0.1, -0.05) is 6.07 Å². The molecule has 2 aromatic rings. The van der Waals surface area contributed by atoms with E-state index in [9.17, 15) is 13.2 Å². The lowest BCUT2D eigenvalue weighted by Crippen LogP contribution is -2.27. The third-order valence-electron chi connectivity index (χ3n) is 4.27. The molecule has 1 amide bonds. The first-order chi connectivity index (χ1) is 13.8. The van der Waals surface area contributed by atoms with Crippen LogP contribution in [-0.2, 0) is 21.4 Å². The highest BCUT2D eigenvalue weighted by Gasteiger charge is 2.23. The molecule has 0 radical (unpaired) electrons. The quantitative estimate of drug-likeness (QED) is 0.681. The molecule has 1 aliphatic rings. The van der Waals surface area contributed by atoms with Crippen LogP contribution >= 0.6 is 0 Å². The number of benzene rings is 2. The Morgan fingerprint density at radius 2 is 1.83 bits per heavy atom. The molecule has 2 N–H and O–H groups in total. The number of rotatable bonds is 8. The highest BCUT2D eigenvalue weighted by atomic mass is 32.2. The van der Waals surface area contributed by atoms with Crippen LogP contribution in [0.1, 0.15) is 25.0 Å². The first-order valence-electron chi connectivity index (χ1n) is 9.29. The standard InChI is InChI=1S/C20H24N2O6S/c1-4-26-16-7-6-14(9-18(16)27-5-2)11-21-29(24,25)19-10-17-15(8-13(19)3)22-20(23)12-28-17/h6-10,21H,4-5,11-12H2,1-3H3,(H,22,23). The van der Waals surface area contributed by atoms with Crippen LogP contribution in [0.2, 0.25) is 0 Å². The summed E-state index contributed by atoms with van der Waals surface area (Å²) < 4.78 is 44.7. The van der Waals surface area contributed by atoms with Crippen molar-refractivity contribution in [1.82, 2.24) is 4.72 Å². The largest absolute Gasteiger partial charge is 0.490 e. The maximum Gasteiger partial charge on any atom is 0.262 e. The van der Waals surface area contributed by atoms with E-state index in [-0.39, 0.29) is 24.0 Å². The molecule has 1 aliphatic heterocycles. The molecule has 0 unspecified atom stereocenters. The van der Waals surface area contributed by atoms with E-state index in [4.69, 9.17) is 14.2 Å². The lowest BCUT2D eigenvalue weighted by Gasteiger charge is -2.20. The molecular weight excluding hydrogens is 396 g/mol. The first kappa shape index (κ1) is 20.9. The van der Waals surface area contributed by atoms with E-state index in [1.165, 1.54) is 6.07 Å². The van der Waals surface area contributed by atoms with Gasteiger partial charge in [0.05, 0.1) is 23.8 Å². The zero-order chi connectivity index (χ0) is 21.0. The minimum atomic E-state index is -3.80. The number of amides is 1. The molecule has 0 aromatic heterocycles. The van der Waals surface area contributed by atoms with Gasteiger partial charge in [-0.25, -0.2) is 13.1 Å². The van der Waals surface area contributed by atoms with Gasteiger partial charge < -0.3 is 19.5 Å². The van der Waals surface area contributed by atoms with E-state index in [1.54, 1.807) is 31.2 Å². The van der Waals surface area contributed by atoms with Crippen LogP contribution in [0.5, 0.6) is 17.2 Å². The van der Waals surface area contributed by atoms with Gasteiger partial charge in [-0.05, 0) is 50.1 Å². The number of sulfonamides is 1. The molecule has 0 aliphatic carbocycles. The lowest BCUT2D eigenvalue weighted by molar-refractivity contribution is -0.118. The number of hydrogen-bond donors (Lipinski definition) is 2. The van der Waals surface area contributed by atoms with Crippen LogP contribution < -0.4 is 24.2 Å². The topological polar surface area (TPSA) is 103 Å². The smallest absolute Gasteiger partial charge is 0.262 e. The number of anilines is 1. The average Bonchev–Trinajstić information content (AvgIpc) is 2.68. The average molecular weight is 420 g/mol. The Kier molecular flexibility index (Phi) is 6.29. The Morgan fingerprint density at radius 3 is 2.55 bits per heavy atom. The molecule has 29 heavy (non-hydrogen) atoms. The summed E-state index contributed by atoms with van der Waals surface area (Å²) in [5.74, 6) is 1.24. The van der Waals surface area contributed by atoms with Crippen molar-refractivity contribution in [2.45, 2.75) is 32.2 Å². The Bertz CT molecular complexity index is 1020. The molecular formula is C20H24N2O6S. The molecule has 0 bridgehead atoms. The van der Waals surface area contributed by atoms with E-state index in [0.717, 1.165) is 5.56 Å². The Morgan fingerprint density at radius 1 is 1.10 bits per heavy atom. The SMILES string of the molecule is CCOc1ccc(CNS(=O)(=O)c2cc3c(cc2C)NC(=O)CO3)cc1OCC. The van der Waals surface area contributed by atoms with Crippen LogP contribution in [0.3, 0.4) is 0 Å². The molecule has 9 heteroatoms. The second kappa shape index (κ2) is 8.71. The van der Waals surface area contributed by atoms with Crippen LogP contribution in [0.25, 0.3) is 0 Å². The van der Waals surface area contributed by atoms with Gasteiger partial charge in [-0.2, -0.15) is 0 Å². The van der Waals surface area contributed by atoms with Crippen molar-refractivity contribution in [3.05, 3.63) is 41.5 Å². The van der Waals surface area contributed by atoms with Crippen molar-refractivity contribution < 1.29 is 27.4 Å². The van der Waals surface area contributed by atoms with Crippen LogP contribution in [0.4, 0.5) is 5.69 Å². The van der Waals surface area contributed by atoms with Gasteiger partial charge in [-0.15, -0.1) is 0 Å². The summed E-state index contributed by atoms with van der Waals surface area (Å²) in [6.07, 6.45) is 0. The number of hydrogen-bond acceptors (Lipinski definition) is 6. The third kappa shape index (κ3) is 4.80. The van der Waals surface area contributed by atoms with Crippen molar-refractivity contribution >= 4 is 21.6 Å². The summed E-state index contributed by atoms with van der Waals surface area (Å²) in [4.78, 5) is 11.5. The molecule has 3 rings (SSSR count). The van der Waals surface area contributed by atoms with Gasteiger partial charge in [0.1, 0.15) is 5.75 Å². The first-order valence-corrected chi connectivity index (χ1v) is 10.8. The molecule has 0 fully saturated rings. The molecule has 0 saturated carbocycles. The summed E-state index contributed by atoms with van der Waals surface area (Å²) >= 11 is 0. The summed E-state index contributed by atoms with van der Waals surface area (Å²) in [5.41, 5.74) is 1.70. The number of carbonyl (C=O) groups excluding carboxylic acids is 1. The Labute approximate surface area is 170 Å².